The normalized spacial score (nSPS) is 25.2. The Morgan fingerprint density at radius 2 is 1.97 bits per heavy atom. The molecule has 1 amide bonds. The van der Waals surface area contributed by atoms with Crippen LogP contribution in [-0.2, 0) is 14.3 Å². The summed E-state index contributed by atoms with van der Waals surface area (Å²) in [6.07, 6.45) is 8.56. The molecule has 1 fully saturated rings. The van der Waals surface area contributed by atoms with E-state index in [1.807, 2.05) is 13.0 Å². The third-order valence-electron chi connectivity index (χ3n) is 5.83. The summed E-state index contributed by atoms with van der Waals surface area (Å²) in [5.41, 5.74) is 1.14. The number of carbonyl (C=O) groups is 1. The standard InChI is InChI=1S/C23H32INO4/c1-2-28-23-19(9-6-14-26)20(16-10-12-17(24)13-11-16)15-21(29-23)22(27)25-18-7-4-3-5-8-18/h10-13,15,18-20,23,26H,2-9,14H2,1H3,(H,25,27)/t19-,20-,23-/m0/s1. The first-order valence-electron chi connectivity index (χ1n) is 10.8. The van der Waals surface area contributed by atoms with Crippen LogP contribution in [0.2, 0.25) is 0 Å². The molecule has 2 N–H and O–H groups in total. The van der Waals surface area contributed by atoms with Gasteiger partial charge in [-0.3, -0.25) is 4.79 Å². The van der Waals surface area contributed by atoms with Gasteiger partial charge in [-0.25, -0.2) is 0 Å². The third kappa shape index (κ3) is 6.18. The minimum atomic E-state index is -0.493. The van der Waals surface area contributed by atoms with E-state index in [0.717, 1.165) is 24.8 Å². The van der Waals surface area contributed by atoms with E-state index in [1.54, 1.807) is 0 Å². The van der Waals surface area contributed by atoms with Crippen molar-refractivity contribution in [2.45, 2.75) is 70.1 Å². The van der Waals surface area contributed by atoms with Crippen LogP contribution >= 0.6 is 22.6 Å². The number of carbonyl (C=O) groups excluding carboxylic acids is 1. The molecule has 2 aliphatic rings. The molecule has 160 valence electrons. The highest BCUT2D eigenvalue weighted by molar-refractivity contribution is 14.1. The van der Waals surface area contributed by atoms with Crippen molar-refractivity contribution in [1.29, 1.82) is 0 Å². The van der Waals surface area contributed by atoms with Crippen molar-refractivity contribution < 1.29 is 19.4 Å². The Bertz CT molecular complexity index is 685. The molecule has 3 rings (SSSR count). The average molecular weight is 513 g/mol. The number of nitrogens with one attached hydrogen (secondary N) is 1. The van der Waals surface area contributed by atoms with Gasteiger partial charge >= 0.3 is 0 Å². The lowest BCUT2D eigenvalue weighted by Gasteiger charge is -2.37. The minimum absolute atomic E-state index is 0.0101. The number of halogens is 1. The number of aliphatic hydroxyl groups is 1. The molecule has 0 radical (unpaired) electrons. The van der Waals surface area contributed by atoms with Gasteiger partial charge in [-0.2, -0.15) is 0 Å². The number of ether oxygens (including phenoxy) is 2. The molecule has 0 bridgehead atoms. The van der Waals surface area contributed by atoms with Crippen LogP contribution in [0.15, 0.2) is 36.1 Å². The lowest BCUT2D eigenvalue weighted by molar-refractivity contribution is -0.166. The Kier molecular flexibility index (Phi) is 8.81. The second-order valence-electron chi connectivity index (χ2n) is 7.89. The molecule has 5 nitrogen and oxygen atoms in total. The van der Waals surface area contributed by atoms with Crippen molar-refractivity contribution >= 4 is 28.5 Å². The van der Waals surface area contributed by atoms with Crippen molar-refractivity contribution in [3.63, 3.8) is 0 Å². The molecular weight excluding hydrogens is 481 g/mol. The number of benzene rings is 1. The van der Waals surface area contributed by atoms with E-state index in [9.17, 15) is 9.90 Å². The molecular formula is C23H32INO4. The van der Waals surface area contributed by atoms with Crippen LogP contribution in [0.25, 0.3) is 0 Å². The molecule has 1 aromatic rings. The maximum Gasteiger partial charge on any atom is 0.286 e. The van der Waals surface area contributed by atoms with Crippen molar-refractivity contribution in [3.8, 4) is 0 Å². The second-order valence-corrected chi connectivity index (χ2v) is 9.13. The number of allylic oxidation sites excluding steroid dienone is 1. The van der Waals surface area contributed by atoms with Gasteiger partial charge in [0.2, 0.25) is 6.29 Å². The highest BCUT2D eigenvalue weighted by Crippen LogP contribution is 2.39. The van der Waals surface area contributed by atoms with E-state index in [-0.39, 0.29) is 30.4 Å². The summed E-state index contributed by atoms with van der Waals surface area (Å²) in [7, 11) is 0. The Labute approximate surface area is 187 Å². The highest BCUT2D eigenvalue weighted by atomic mass is 127. The average Bonchev–Trinajstić information content (AvgIpc) is 2.74. The largest absolute Gasteiger partial charge is 0.459 e. The van der Waals surface area contributed by atoms with Gasteiger partial charge in [0.25, 0.3) is 5.91 Å². The first-order chi connectivity index (χ1) is 14.1. The van der Waals surface area contributed by atoms with Crippen LogP contribution in [0, 0.1) is 9.49 Å². The van der Waals surface area contributed by atoms with E-state index >= 15 is 0 Å². The summed E-state index contributed by atoms with van der Waals surface area (Å²) in [5, 5.41) is 12.5. The minimum Gasteiger partial charge on any atom is -0.459 e. The zero-order valence-electron chi connectivity index (χ0n) is 17.1. The van der Waals surface area contributed by atoms with Gasteiger partial charge in [-0.15, -0.1) is 0 Å². The third-order valence-corrected chi connectivity index (χ3v) is 6.55. The lowest BCUT2D eigenvalue weighted by atomic mass is 9.80. The monoisotopic (exact) mass is 513 g/mol. The summed E-state index contributed by atoms with van der Waals surface area (Å²) < 4.78 is 13.1. The van der Waals surface area contributed by atoms with Crippen molar-refractivity contribution in [3.05, 3.63) is 45.2 Å². The summed E-state index contributed by atoms with van der Waals surface area (Å²) in [5.74, 6) is 0.278. The van der Waals surface area contributed by atoms with Crippen LogP contribution < -0.4 is 5.32 Å². The molecule has 3 atom stereocenters. The number of hydrogen-bond acceptors (Lipinski definition) is 4. The Hall–Kier alpha value is -1.12. The van der Waals surface area contributed by atoms with Crippen LogP contribution in [0.3, 0.4) is 0 Å². The van der Waals surface area contributed by atoms with Gasteiger partial charge in [-0.1, -0.05) is 31.4 Å². The van der Waals surface area contributed by atoms with E-state index in [2.05, 4.69) is 52.2 Å². The summed E-state index contributed by atoms with van der Waals surface area (Å²) >= 11 is 2.30. The Balaban J connectivity index is 1.86. The molecule has 1 aromatic carbocycles. The van der Waals surface area contributed by atoms with Crippen LogP contribution in [0.4, 0.5) is 0 Å². The molecule has 0 aromatic heterocycles. The van der Waals surface area contributed by atoms with E-state index < -0.39 is 6.29 Å². The Morgan fingerprint density at radius 3 is 2.62 bits per heavy atom. The number of amides is 1. The van der Waals surface area contributed by atoms with Crippen LogP contribution in [0.1, 0.15) is 63.4 Å². The number of rotatable bonds is 8. The lowest BCUT2D eigenvalue weighted by Crippen LogP contribution is -2.42. The van der Waals surface area contributed by atoms with Gasteiger partial charge < -0.3 is 19.9 Å². The zero-order valence-corrected chi connectivity index (χ0v) is 19.3. The molecule has 1 aliphatic heterocycles. The first kappa shape index (κ1) is 22.6. The fraction of sp³-hybridized carbons (Fsp3) is 0.609. The van der Waals surface area contributed by atoms with Crippen LogP contribution in [0.5, 0.6) is 0 Å². The molecule has 6 heteroatoms. The van der Waals surface area contributed by atoms with Crippen molar-refractivity contribution in [1.82, 2.24) is 5.32 Å². The molecule has 0 saturated heterocycles. The summed E-state index contributed by atoms with van der Waals surface area (Å²) in [4.78, 5) is 13.0. The molecule has 29 heavy (non-hydrogen) atoms. The fourth-order valence-electron chi connectivity index (χ4n) is 4.33. The zero-order chi connectivity index (χ0) is 20.6. The van der Waals surface area contributed by atoms with E-state index in [0.29, 0.717) is 18.8 Å². The highest BCUT2D eigenvalue weighted by Gasteiger charge is 2.38. The van der Waals surface area contributed by atoms with Gasteiger partial charge in [-0.05, 0) is 79.0 Å². The second kappa shape index (κ2) is 11.3. The van der Waals surface area contributed by atoms with E-state index in [1.165, 1.54) is 22.8 Å². The SMILES string of the molecule is CCO[C@H]1OC(C(=O)NC2CCCCC2)=C[C@@H](c2ccc(I)cc2)[C@@H]1CCCO. The summed E-state index contributed by atoms with van der Waals surface area (Å²) in [6.45, 7) is 2.58. The maximum atomic E-state index is 13.0. The van der Waals surface area contributed by atoms with Gasteiger partial charge in [0.15, 0.2) is 5.76 Å². The molecule has 0 spiro atoms. The topological polar surface area (TPSA) is 67.8 Å². The Morgan fingerprint density at radius 1 is 1.24 bits per heavy atom. The van der Waals surface area contributed by atoms with Gasteiger partial charge in [0, 0.05) is 34.7 Å². The maximum absolute atomic E-state index is 13.0. The molecule has 0 unspecified atom stereocenters. The quantitative estimate of drug-likeness (QED) is 0.503. The van der Waals surface area contributed by atoms with E-state index in [4.69, 9.17) is 9.47 Å². The molecule has 1 aliphatic carbocycles. The fourth-order valence-corrected chi connectivity index (χ4v) is 4.69. The predicted octanol–water partition coefficient (Wildman–Crippen LogP) is 4.49. The summed E-state index contributed by atoms with van der Waals surface area (Å²) in [6, 6.07) is 8.62. The predicted molar refractivity (Wildman–Crippen MR) is 121 cm³/mol. The van der Waals surface area contributed by atoms with Crippen molar-refractivity contribution in [2.75, 3.05) is 13.2 Å². The van der Waals surface area contributed by atoms with Crippen molar-refractivity contribution in [2.24, 2.45) is 5.92 Å². The van der Waals surface area contributed by atoms with Crippen LogP contribution in [-0.4, -0.2) is 36.6 Å². The van der Waals surface area contributed by atoms with Gasteiger partial charge in [0.05, 0.1) is 0 Å². The van der Waals surface area contributed by atoms with Gasteiger partial charge in [0.1, 0.15) is 0 Å². The number of aliphatic hydroxyl groups excluding tert-OH is 1. The number of hydrogen-bond donors (Lipinski definition) is 2. The smallest absolute Gasteiger partial charge is 0.286 e. The molecule has 1 saturated carbocycles. The first-order valence-corrected chi connectivity index (χ1v) is 11.9. The molecule has 1 heterocycles.